The Morgan fingerprint density at radius 3 is 2.31 bits per heavy atom. The van der Waals surface area contributed by atoms with Crippen LogP contribution in [0.5, 0.6) is 17.2 Å². The zero-order chi connectivity index (χ0) is 10.0. The van der Waals surface area contributed by atoms with E-state index in [0.717, 1.165) is 18.4 Å². The van der Waals surface area contributed by atoms with E-state index in [2.05, 4.69) is 0 Å². The molecule has 0 aliphatic heterocycles. The third-order valence-electron chi connectivity index (χ3n) is 2.13. The molecule has 1 aromatic carbocycles. The summed E-state index contributed by atoms with van der Waals surface area (Å²) in [6.07, 6.45) is 1.72. The lowest BCUT2D eigenvalue weighted by Gasteiger charge is -2.09. The monoisotopic (exact) mass is 182 g/mol. The fourth-order valence-electron chi connectivity index (χ4n) is 1.32. The van der Waals surface area contributed by atoms with Gasteiger partial charge in [0.05, 0.1) is 0 Å². The molecule has 0 amide bonds. The third kappa shape index (κ3) is 1.69. The normalized spacial score (nSPS) is 10.3. The summed E-state index contributed by atoms with van der Waals surface area (Å²) in [4.78, 5) is 0. The van der Waals surface area contributed by atoms with Crippen LogP contribution in [0.3, 0.4) is 0 Å². The molecule has 0 saturated heterocycles. The molecule has 3 nitrogen and oxygen atoms in total. The summed E-state index contributed by atoms with van der Waals surface area (Å²) in [5.74, 6) is -0.910. The first-order valence-electron chi connectivity index (χ1n) is 4.31. The molecule has 0 aliphatic carbocycles. The highest BCUT2D eigenvalue weighted by Crippen LogP contribution is 2.39. The standard InChI is InChI=1S/C10H14O3/c1-3-4-7-5-8(11)10(13)9(12)6(7)2/h5,11-13H,3-4H2,1-2H3. The molecule has 0 radical (unpaired) electrons. The minimum absolute atomic E-state index is 0.219. The van der Waals surface area contributed by atoms with E-state index >= 15 is 0 Å². The van der Waals surface area contributed by atoms with Crippen LogP contribution in [0.2, 0.25) is 0 Å². The predicted molar refractivity (Wildman–Crippen MR) is 50.2 cm³/mol. The van der Waals surface area contributed by atoms with Gasteiger partial charge < -0.3 is 15.3 Å². The number of rotatable bonds is 2. The van der Waals surface area contributed by atoms with Crippen LogP contribution in [0, 0.1) is 6.92 Å². The second-order valence-corrected chi connectivity index (χ2v) is 3.13. The highest BCUT2D eigenvalue weighted by Gasteiger charge is 2.12. The number of aryl methyl sites for hydroxylation is 1. The molecule has 0 bridgehead atoms. The fraction of sp³-hybridized carbons (Fsp3) is 0.400. The van der Waals surface area contributed by atoms with E-state index in [4.69, 9.17) is 0 Å². The van der Waals surface area contributed by atoms with Gasteiger partial charge in [-0.1, -0.05) is 13.3 Å². The van der Waals surface area contributed by atoms with Crippen LogP contribution in [0.25, 0.3) is 0 Å². The van der Waals surface area contributed by atoms with Gasteiger partial charge in [0.2, 0.25) is 5.75 Å². The molecule has 1 aromatic rings. The van der Waals surface area contributed by atoms with Gasteiger partial charge in [-0.3, -0.25) is 0 Å². The van der Waals surface area contributed by atoms with Crippen molar-refractivity contribution in [3.05, 3.63) is 17.2 Å². The highest BCUT2D eigenvalue weighted by molar-refractivity contribution is 5.56. The van der Waals surface area contributed by atoms with Crippen LogP contribution in [-0.4, -0.2) is 15.3 Å². The van der Waals surface area contributed by atoms with Crippen molar-refractivity contribution in [1.29, 1.82) is 0 Å². The molecule has 0 saturated carbocycles. The van der Waals surface area contributed by atoms with Gasteiger partial charge >= 0.3 is 0 Å². The van der Waals surface area contributed by atoms with Gasteiger partial charge in [0.15, 0.2) is 11.5 Å². The Bertz CT molecular complexity index is 318. The quantitative estimate of drug-likeness (QED) is 0.613. The Kier molecular flexibility index (Phi) is 2.66. The van der Waals surface area contributed by atoms with E-state index in [1.54, 1.807) is 6.92 Å². The van der Waals surface area contributed by atoms with Crippen molar-refractivity contribution in [2.75, 3.05) is 0 Å². The summed E-state index contributed by atoms with van der Waals surface area (Å²) in [7, 11) is 0. The molecule has 13 heavy (non-hydrogen) atoms. The zero-order valence-electron chi connectivity index (χ0n) is 7.83. The van der Waals surface area contributed by atoms with E-state index in [1.165, 1.54) is 6.07 Å². The molecule has 1 rings (SSSR count). The number of hydrogen-bond donors (Lipinski definition) is 3. The molecule has 3 N–H and O–H groups in total. The molecule has 72 valence electrons. The van der Waals surface area contributed by atoms with E-state index in [9.17, 15) is 15.3 Å². The Balaban J connectivity index is 3.24. The van der Waals surface area contributed by atoms with E-state index in [-0.39, 0.29) is 11.5 Å². The second-order valence-electron chi connectivity index (χ2n) is 3.13. The summed E-state index contributed by atoms with van der Waals surface area (Å²) in [5, 5.41) is 27.8. The van der Waals surface area contributed by atoms with Crippen molar-refractivity contribution >= 4 is 0 Å². The number of phenolic OH excluding ortho intramolecular Hbond substituents is 3. The van der Waals surface area contributed by atoms with Gasteiger partial charge in [-0.25, -0.2) is 0 Å². The number of hydrogen-bond acceptors (Lipinski definition) is 3. The molecule has 0 aliphatic rings. The molecule has 3 heteroatoms. The van der Waals surface area contributed by atoms with Crippen molar-refractivity contribution in [3.8, 4) is 17.2 Å². The van der Waals surface area contributed by atoms with Crippen molar-refractivity contribution in [1.82, 2.24) is 0 Å². The molecule has 0 heterocycles. The molecule has 0 unspecified atom stereocenters. The smallest absolute Gasteiger partial charge is 0.200 e. The van der Waals surface area contributed by atoms with E-state index < -0.39 is 5.75 Å². The van der Waals surface area contributed by atoms with Gasteiger partial charge in [0.25, 0.3) is 0 Å². The van der Waals surface area contributed by atoms with Crippen LogP contribution in [0.15, 0.2) is 6.07 Å². The van der Waals surface area contributed by atoms with Crippen molar-refractivity contribution in [2.45, 2.75) is 26.7 Å². The minimum Gasteiger partial charge on any atom is -0.504 e. The van der Waals surface area contributed by atoms with Crippen molar-refractivity contribution in [2.24, 2.45) is 0 Å². The maximum Gasteiger partial charge on any atom is 0.200 e. The van der Waals surface area contributed by atoms with Gasteiger partial charge in [0.1, 0.15) is 0 Å². The third-order valence-corrected chi connectivity index (χ3v) is 2.13. The zero-order valence-corrected chi connectivity index (χ0v) is 7.83. The number of benzene rings is 1. The highest BCUT2D eigenvalue weighted by atomic mass is 16.3. The first-order valence-corrected chi connectivity index (χ1v) is 4.31. The lowest BCUT2D eigenvalue weighted by Crippen LogP contribution is -1.89. The lowest BCUT2D eigenvalue weighted by atomic mass is 10.0. The molecule has 0 fully saturated rings. The minimum atomic E-state index is -0.433. The first-order chi connectivity index (χ1) is 6.07. The van der Waals surface area contributed by atoms with Gasteiger partial charge in [0, 0.05) is 0 Å². The largest absolute Gasteiger partial charge is 0.504 e. The van der Waals surface area contributed by atoms with Crippen LogP contribution in [-0.2, 0) is 6.42 Å². The topological polar surface area (TPSA) is 60.7 Å². The lowest BCUT2D eigenvalue weighted by molar-refractivity contribution is 0.365. The van der Waals surface area contributed by atoms with Crippen molar-refractivity contribution < 1.29 is 15.3 Å². The maximum absolute atomic E-state index is 9.38. The average Bonchev–Trinajstić information content (AvgIpc) is 2.11. The summed E-state index contributed by atoms with van der Waals surface area (Å²) in [5.41, 5.74) is 1.51. The molecular weight excluding hydrogens is 168 g/mol. The Labute approximate surface area is 77.3 Å². The number of phenols is 3. The molecule has 0 atom stereocenters. The van der Waals surface area contributed by atoms with Crippen LogP contribution in [0.4, 0.5) is 0 Å². The predicted octanol–water partition coefficient (Wildman–Crippen LogP) is 2.06. The fourth-order valence-corrected chi connectivity index (χ4v) is 1.32. The Hall–Kier alpha value is -1.38. The number of aromatic hydroxyl groups is 3. The van der Waals surface area contributed by atoms with Gasteiger partial charge in [-0.05, 0) is 30.5 Å². The van der Waals surface area contributed by atoms with Crippen LogP contribution in [0.1, 0.15) is 24.5 Å². The average molecular weight is 182 g/mol. The molecule has 0 spiro atoms. The first kappa shape index (κ1) is 9.71. The van der Waals surface area contributed by atoms with Gasteiger partial charge in [-0.2, -0.15) is 0 Å². The summed E-state index contributed by atoms with van der Waals surface area (Å²) in [6.45, 7) is 3.74. The SMILES string of the molecule is CCCc1cc(O)c(O)c(O)c1C. The van der Waals surface area contributed by atoms with E-state index in [1.807, 2.05) is 6.92 Å². The summed E-state index contributed by atoms with van der Waals surface area (Å²) < 4.78 is 0. The van der Waals surface area contributed by atoms with Crippen LogP contribution < -0.4 is 0 Å². The van der Waals surface area contributed by atoms with Crippen LogP contribution >= 0.6 is 0 Å². The van der Waals surface area contributed by atoms with Gasteiger partial charge in [-0.15, -0.1) is 0 Å². The van der Waals surface area contributed by atoms with Crippen molar-refractivity contribution in [3.63, 3.8) is 0 Å². The summed E-state index contributed by atoms with van der Waals surface area (Å²) >= 11 is 0. The second kappa shape index (κ2) is 3.56. The Morgan fingerprint density at radius 1 is 1.15 bits per heavy atom. The Morgan fingerprint density at radius 2 is 1.77 bits per heavy atom. The van der Waals surface area contributed by atoms with E-state index in [0.29, 0.717) is 5.56 Å². The maximum atomic E-state index is 9.38. The molecule has 0 aromatic heterocycles. The summed E-state index contributed by atoms with van der Waals surface area (Å²) in [6, 6.07) is 1.49. The molecular formula is C10H14O3.